The zero-order valence-electron chi connectivity index (χ0n) is 20.5. The highest BCUT2D eigenvalue weighted by molar-refractivity contribution is 7.99. The van der Waals surface area contributed by atoms with E-state index in [9.17, 15) is 9.59 Å². The van der Waals surface area contributed by atoms with Crippen LogP contribution in [-0.2, 0) is 17.8 Å². The summed E-state index contributed by atoms with van der Waals surface area (Å²) >= 11 is 7.55. The van der Waals surface area contributed by atoms with Crippen LogP contribution in [0.1, 0.15) is 61.9 Å². The summed E-state index contributed by atoms with van der Waals surface area (Å²) in [5.74, 6) is 0.815. The fraction of sp³-hybridized carbons (Fsp3) is 0.385. The van der Waals surface area contributed by atoms with E-state index in [-0.39, 0.29) is 23.6 Å². The molecule has 0 aliphatic carbocycles. The Kier molecular flexibility index (Phi) is 9.74. The van der Waals surface area contributed by atoms with Gasteiger partial charge in [0.1, 0.15) is 0 Å². The third kappa shape index (κ3) is 7.32. The van der Waals surface area contributed by atoms with Gasteiger partial charge in [0.25, 0.3) is 5.91 Å². The van der Waals surface area contributed by atoms with Crippen LogP contribution < -0.4 is 10.6 Å². The number of aromatic nitrogens is 3. The second-order valence-electron chi connectivity index (χ2n) is 8.61. The number of benzene rings is 2. The summed E-state index contributed by atoms with van der Waals surface area (Å²) < 4.78 is 1.95. The first-order chi connectivity index (χ1) is 16.8. The largest absolute Gasteiger partial charge is 0.342 e. The molecule has 2 N–H and O–H groups in total. The summed E-state index contributed by atoms with van der Waals surface area (Å²) in [6.07, 6.45) is 1.64. The number of aryl methyl sites for hydroxylation is 1. The smallest absolute Gasteiger partial charge is 0.253 e. The van der Waals surface area contributed by atoms with E-state index in [1.54, 1.807) is 24.3 Å². The van der Waals surface area contributed by atoms with Gasteiger partial charge in [0.15, 0.2) is 11.0 Å². The first kappa shape index (κ1) is 26.8. The molecule has 9 heteroatoms. The molecule has 0 fully saturated rings. The van der Waals surface area contributed by atoms with Crippen LogP contribution in [0.15, 0.2) is 53.7 Å². The van der Waals surface area contributed by atoms with Crippen LogP contribution in [0.2, 0.25) is 5.02 Å². The first-order valence-electron chi connectivity index (χ1n) is 11.8. The Labute approximate surface area is 216 Å². The Morgan fingerprint density at radius 1 is 1.06 bits per heavy atom. The molecule has 2 aromatic carbocycles. The summed E-state index contributed by atoms with van der Waals surface area (Å²) in [6, 6.07) is 14.5. The summed E-state index contributed by atoms with van der Waals surface area (Å²) in [6.45, 7) is 8.88. The molecule has 3 aromatic rings. The lowest BCUT2D eigenvalue weighted by Crippen LogP contribution is -2.31. The van der Waals surface area contributed by atoms with E-state index in [1.165, 1.54) is 17.3 Å². The van der Waals surface area contributed by atoms with Crippen molar-refractivity contribution in [2.75, 3.05) is 11.1 Å². The molecule has 0 aliphatic heterocycles. The molecule has 0 unspecified atom stereocenters. The lowest BCUT2D eigenvalue weighted by molar-refractivity contribution is -0.113. The summed E-state index contributed by atoms with van der Waals surface area (Å²) in [5, 5.41) is 15.8. The van der Waals surface area contributed by atoms with Gasteiger partial charge >= 0.3 is 0 Å². The molecule has 0 radical (unpaired) electrons. The van der Waals surface area contributed by atoms with Crippen molar-refractivity contribution in [2.24, 2.45) is 5.92 Å². The van der Waals surface area contributed by atoms with Crippen LogP contribution in [-0.4, -0.2) is 32.3 Å². The van der Waals surface area contributed by atoms with E-state index in [0.29, 0.717) is 40.5 Å². The van der Waals surface area contributed by atoms with Gasteiger partial charge in [-0.25, -0.2) is 0 Å². The van der Waals surface area contributed by atoms with E-state index in [4.69, 9.17) is 11.6 Å². The Balaban J connectivity index is 1.71. The number of nitrogens with one attached hydrogen (secondary N) is 2. The fourth-order valence-electron chi connectivity index (χ4n) is 3.69. The van der Waals surface area contributed by atoms with Crippen molar-refractivity contribution in [3.05, 3.63) is 70.5 Å². The monoisotopic (exact) mass is 513 g/mol. The molecule has 0 aliphatic rings. The van der Waals surface area contributed by atoms with E-state index >= 15 is 0 Å². The number of rotatable bonds is 11. The van der Waals surface area contributed by atoms with Gasteiger partial charge in [0.05, 0.1) is 22.4 Å². The van der Waals surface area contributed by atoms with Crippen LogP contribution in [0.3, 0.4) is 0 Å². The molecular formula is C26H32ClN5O2S. The number of carbonyl (C=O) groups excluding carboxylic acids is 2. The Hall–Kier alpha value is -2.84. The second kappa shape index (κ2) is 12.7. The molecule has 2 amide bonds. The number of anilines is 1. The maximum Gasteiger partial charge on any atom is 0.253 e. The minimum absolute atomic E-state index is 0.114. The average Bonchev–Trinajstić information content (AvgIpc) is 3.25. The van der Waals surface area contributed by atoms with Crippen LogP contribution in [0.5, 0.6) is 0 Å². The fourth-order valence-corrected chi connectivity index (χ4v) is 4.73. The number of hydrogen-bond acceptors (Lipinski definition) is 5. The highest BCUT2D eigenvalue weighted by Gasteiger charge is 2.25. The average molecular weight is 514 g/mol. The second-order valence-corrected chi connectivity index (χ2v) is 9.96. The van der Waals surface area contributed by atoms with Crippen molar-refractivity contribution in [1.82, 2.24) is 20.1 Å². The topological polar surface area (TPSA) is 88.9 Å². The van der Waals surface area contributed by atoms with Crippen LogP contribution >= 0.6 is 23.4 Å². The van der Waals surface area contributed by atoms with Crippen LogP contribution in [0, 0.1) is 5.92 Å². The van der Waals surface area contributed by atoms with E-state index in [1.807, 2.05) is 35.8 Å². The molecule has 1 atom stereocenters. The molecule has 3 rings (SSSR count). The van der Waals surface area contributed by atoms with Crippen molar-refractivity contribution in [3.63, 3.8) is 0 Å². The van der Waals surface area contributed by atoms with Gasteiger partial charge in [-0.15, -0.1) is 10.2 Å². The highest BCUT2D eigenvalue weighted by Crippen LogP contribution is 2.26. The van der Waals surface area contributed by atoms with E-state index in [0.717, 1.165) is 12.1 Å². The summed E-state index contributed by atoms with van der Waals surface area (Å²) in [7, 11) is 0. The first-order valence-corrected chi connectivity index (χ1v) is 13.2. The minimum Gasteiger partial charge on any atom is -0.342 e. The standard InChI is InChI=1S/C26H32ClN5O2S/c1-5-18-11-13-19(14-12-18)28-23(33)16-35-26-31-30-24(32(26)6-2)22(15-17(3)4)29-25(34)20-9-7-8-10-21(20)27/h7-14,17,22H,5-6,15-16H2,1-4H3,(H,28,33)(H,29,34)/t22-/m0/s1. The molecule has 186 valence electrons. The van der Waals surface area contributed by atoms with Crippen LogP contribution in [0.4, 0.5) is 5.69 Å². The number of carbonyl (C=O) groups is 2. The molecule has 35 heavy (non-hydrogen) atoms. The molecular weight excluding hydrogens is 482 g/mol. The van der Waals surface area contributed by atoms with Gasteiger partial charge in [0.2, 0.25) is 5.91 Å². The molecule has 7 nitrogen and oxygen atoms in total. The molecule has 1 heterocycles. The van der Waals surface area contributed by atoms with Gasteiger partial charge in [-0.1, -0.05) is 68.4 Å². The lowest BCUT2D eigenvalue weighted by Gasteiger charge is -2.21. The van der Waals surface area contributed by atoms with Crippen molar-refractivity contribution >= 4 is 40.9 Å². The van der Waals surface area contributed by atoms with E-state index in [2.05, 4.69) is 41.6 Å². The quantitative estimate of drug-likeness (QED) is 0.318. The zero-order chi connectivity index (χ0) is 25.4. The summed E-state index contributed by atoms with van der Waals surface area (Å²) in [4.78, 5) is 25.5. The Morgan fingerprint density at radius 2 is 1.77 bits per heavy atom. The summed E-state index contributed by atoms with van der Waals surface area (Å²) in [5.41, 5.74) is 2.41. The minimum atomic E-state index is -0.341. The molecule has 0 saturated heterocycles. The van der Waals surface area contributed by atoms with Crippen LogP contribution in [0.25, 0.3) is 0 Å². The Bertz CT molecular complexity index is 1150. The molecule has 0 spiro atoms. The normalized spacial score (nSPS) is 11.9. The maximum absolute atomic E-state index is 13.0. The SMILES string of the molecule is CCc1ccc(NC(=O)CSc2nnc([C@H](CC(C)C)NC(=O)c3ccccc3Cl)n2CC)cc1. The lowest BCUT2D eigenvalue weighted by atomic mass is 10.0. The van der Waals surface area contributed by atoms with Crippen molar-refractivity contribution in [1.29, 1.82) is 0 Å². The van der Waals surface area contributed by atoms with Gasteiger partial charge in [0, 0.05) is 12.2 Å². The van der Waals surface area contributed by atoms with Gasteiger partial charge in [-0.3, -0.25) is 9.59 Å². The van der Waals surface area contributed by atoms with Crippen molar-refractivity contribution in [2.45, 2.75) is 58.3 Å². The number of amides is 2. The number of hydrogen-bond donors (Lipinski definition) is 2. The third-order valence-corrected chi connectivity index (χ3v) is 6.78. The Morgan fingerprint density at radius 3 is 2.40 bits per heavy atom. The molecule has 1 aromatic heterocycles. The maximum atomic E-state index is 13.0. The number of thioether (sulfide) groups is 1. The molecule has 0 saturated carbocycles. The number of nitrogens with zero attached hydrogens (tertiary/aromatic N) is 3. The van der Waals surface area contributed by atoms with Crippen molar-refractivity contribution in [3.8, 4) is 0 Å². The zero-order valence-corrected chi connectivity index (χ0v) is 22.1. The predicted molar refractivity (Wildman–Crippen MR) is 142 cm³/mol. The van der Waals surface area contributed by atoms with Crippen molar-refractivity contribution < 1.29 is 9.59 Å². The number of halogens is 1. The van der Waals surface area contributed by atoms with Gasteiger partial charge in [-0.2, -0.15) is 0 Å². The highest BCUT2D eigenvalue weighted by atomic mass is 35.5. The third-order valence-electron chi connectivity index (χ3n) is 5.48. The molecule has 0 bridgehead atoms. The predicted octanol–water partition coefficient (Wildman–Crippen LogP) is 5.76. The van der Waals surface area contributed by atoms with E-state index < -0.39 is 0 Å². The van der Waals surface area contributed by atoms with Gasteiger partial charge in [-0.05, 0) is 55.5 Å². The van der Waals surface area contributed by atoms with Gasteiger partial charge < -0.3 is 15.2 Å².